The summed E-state index contributed by atoms with van der Waals surface area (Å²) in [4.78, 5) is 15.2. The monoisotopic (exact) mass is 281 g/mol. The lowest BCUT2D eigenvalue weighted by Crippen LogP contribution is -2.49. The molecule has 1 aromatic carbocycles. The number of nitrogen functional groups attached to an aromatic ring is 1. The zero-order valence-corrected chi connectivity index (χ0v) is 11.8. The predicted molar refractivity (Wildman–Crippen MR) is 76.7 cm³/mol. The smallest absolute Gasteiger partial charge is 0.338 e. The van der Waals surface area contributed by atoms with Crippen LogP contribution in [0, 0.1) is 5.82 Å². The van der Waals surface area contributed by atoms with E-state index in [0.717, 1.165) is 26.2 Å². The molecular formula is C14H20FN3O2. The number of anilines is 2. The molecule has 110 valence electrons. The van der Waals surface area contributed by atoms with Crippen LogP contribution in [-0.2, 0) is 0 Å². The molecule has 5 nitrogen and oxygen atoms in total. The number of nitrogens with two attached hydrogens (primary N) is 1. The molecule has 0 aromatic heterocycles. The van der Waals surface area contributed by atoms with E-state index in [2.05, 4.69) is 18.7 Å². The van der Waals surface area contributed by atoms with Crippen molar-refractivity contribution in [3.05, 3.63) is 23.5 Å². The highest BCUT2D eigenvalue weighted by Crippen LogP contribution is 2.28. The molecule has 1 heterocycles. The largest absolute Gasteiger partial charge is 0.478 e. The van der Waals surface area contributed by atoms with Gasteiger partial charge in [0.2, 0.25) is 0 Å². The van der Waals surface area contributed by atoms with Crippen molar-refractivity contribution in [3.8, 4) is 0 Å². The molecule has 0 amide bonds. The number of nitrogens with zero attached hydrogens (tertiary/aromatic N) is 2. The van der Waals surface area contributed by atoms with Gasteiger partial charge in [0, 0.05) is 38.3 Å². The second kappa shape index (κ2) is 5.66. The number of hydrogen-bond donors (Lipinski definition) is 2. The molecular weight excluding hydrogens is 261 g/mol. The van der Waals surface area contributed by atoms with Gasteiger partial charge in [-0.05, 0) is 19.9 Å². The van der Waals surface area contributed by atoms with E-state index >= 15 is 0 Å². The van der Waals surface area contributed by atoms with Crippen molar-refractivity contribution in [1.82, 2.24) is 4.90 Å². The van der Waals surface area contributed by atoms with Crippen LogP contribution < -0.4 is 10.6 Å². The van der Waals surface area contributed by atoms with Crippen molar-refractivity contribution in [3.63, 3.8) is 0 Å². The fourth-order valence-electron chi connectivity index (χ4n) is 2.50. The minimum atomic E-state index is -1.30. The lowest BCUT2D eigenvalue weighted by molar-refractivity contribution is 0.0692. The summed E-state index contributed by atoms with van der Waals surface area (Å²) in [6, 6.07) is 2.91. The minimum Gasteiger partial charge on any atom is -0.478 e. The Hall–Kier alpha value is -1.82. The van der Waals surface area contributed by atoms with Crippen molar-refractivity contribution in [1.29, 1.82) is 0 Å². The van der Waals surface area contributed by atoms with E-state index in [1.165, 1.54) is 12.1 Å². The highest BCUT2D eigenvalue weighted by Gasteiger charge is 2.22. The molecule has 2 rings (SSSR count). The molecule has 0 spiro atoms. The average Bonchev–Trinajstić information content (AvgIpc) is 2.40. The Morgan fingerprint density at radius 1 is 1.30 bits per heavy atom. The number of benzene rings is 1. The molecule has 20 heavy (non-hydrogen) atoms. The third-order valence-electron chi connectivity index (χ3n) is 3.73. The van der Waals surface area contributed by atoms with Gasteiger partial charge in [-0.2, -0.15) is 0 Å². The third kappa shape index (κ3) is 2.85. The number of aromatic carboxylic acids is 1. The maximum atomic E-state index is 13.8. The van der Waals surface area contributed by atoms with E-state index < -0.39 is 11.8 Å². The lowest BCUT2D eigenvalue weighted by atomic mass is 10.1. The molecule has 1 aliphatic rings. The van der Waals surface area contributed by atoms with Crippen molar-refractivity contribution in [2.24, 2.45) is 0 Å². The molecule has 0 saturated carbocycles. The zero-order chi connectivity index (χ0) is 14.9. The summed E-state index contributed by atoms with van der Waals surface area (Å²) in [6.07, 6.45) is 0. The molecule has 1 fully saturated rings. The van der Waals surface area contributed by atoms with Gasteiger partial charge >= 0.3 is 5.97 Å². The summed E-state index contributed by atoms with van der Waals surface area (Å²) in [5, 5.41) is 8.87. The number of carboxylic acid groups (broad SMARTS) is 1. The molecule has 0 radical (unpaired) electrons. The normalized spacial score (nSPS) is 16.7. The number of piperazine rings is 1. The van der Waals surface area contributed by atoms with Crippen LogP contribution in [0.15, 0.2) is 12.1 Å². The van der Waals surface area contributed by atoms with Gasteiger partial charge in [0.1, 0.15) is 5.82 Å². The maximum Gasteiger partial charge on any atom is 0.338 e. The summed E-state index contributed by atoms with van der Waals surface area (Å²) < 4.78 is 13.8. The predicted octanol–water partition coefficient (Wildman–Crippen LogP) is 1.64. The van der Waals surface area contributed by atoms with Crippen LogP contribution in [0.2, 0.25) is 0 Å². The van der Waals surface area contributed by atoms with Gasteiger partial charge in [-0.25, -0.2) is 9.18 Å². The van der Waals surface area contributed by atoms with Crippen LogP contribution in [0.3, 0.4) is 0 Å². The first-order valence-electron chi connectivity index (χ1n) is 6.71. The quantitative estimate of drug-likeness (QED) is 0.824. The molecule has 1 saturated heterocycles. The summed E-state index contributed by atoms with van der Waals surface area (Å²) >= 11 is 0. The van der Waals surface area contributed by atoms with E-state index in [9.17, 15) is 9.18 Å². The maximum absolute atomic E-state index is 13.8. The van der Waals surface area contributed by atoms with E-state index in [4.69, 9.17) is 10.8 Å². The van der Waals surface area contributed by atoms with E-state index in [0.29, 0.717) is 17.4 Å². The molecule has 3 N–H and O–H groups in total. The molecule has 1 aromatic rings. The summed E-state index contributed by atoms with van der Waals surface area (Å²) in [7, 11) is 0. The second-order valence-electron chi connectivity index (χ2n) is 5.31. The molecule has 1 aliphatic heterocycles. The molecule has 0 aliphatic carbocycles. The Balaban J connectivity index is 2.18. The van der Waals surface area contributed by atoms with E-state index in [1.807, 2.05) is 4.90 Å². The fourth-order valence-corrected chi connectivity index (χ4v) is 2.50. The Morgan fingerprint density at radius 3 is 2.40 bits per heavy atom. The molecule has 0 unspecified atom stereocenters. The number of halogens is 1. The Bertz CT molecular complexity index is 511. The van der Waals surface area contributed by atoms with Crippen LogP contribution in [-0.4, -0.2) is 48.2 Å². The lowest BCUT2D eigenvalue weighted by Gasteiger charge is -2.38. The van der Waals surface area contributed by atoms with Crippen LogP contribution in [0.25, 0.3) is 0 Å². The van der Waals surface area contributed by atoms with Gasteiger partial charge in [-0.15, -0.1) is 0 Å². The highest BCUT2D eigenvalue weighted by atomic mass is 19.1. The standard InChI is InChI=1S/C14H20FN3O2/c1-9(2)17-3-5-18(6-4-17)13-8-11(15)10(14(19)20)7-12(13)16/h7-9H,3-6,16H2,1-2H3,(H,19,20). The van der Waals surface area contributed by atoms with E-state index in [-0.39, 0.29) is 5.56 Å². The molecule has 6 heteroatoms. The topological polar surface area (TPSA) is 69.8 Å². The summed E-state index contributed by atoms with van der Waals surface area (Å²) in [5.41, 5.74) is 6.37. The van der Waals surface area contributed by atoms with Gasteiger partial charge < -0.3 is 15.7 Å². The molecule has 0 bridgehead atoms. The van der Waals surface area contributed by atoms with Crippen molar-refractivity contribution >= 4 is 17.3 Å². The minimum absolute atomic E-state index is 0.307. The SMILES string of the molecule is CC(C)N1CCN(c2cc(F)c(C(=O)O)cc2N)CC1. The van der Waals surface area contributed by atoms with Gasteiger partial charge in [-0.3, -0.25) is 4.90 Å². The van der Waals surface area contributed by atoms with Gasteiger partial charge in [-0.1, -0.05) is 0 Å². The van der Waals surface area contributed by atoms with Crippen LogP contribution in [0.1, 0.15) is 24.2 Å². The number of hydrogen-bond acceptors (Lipinski definition) is 4. The number of rotatable bonds is 3. The van der Waals surface area contributed by atoms with E-state index in [1.54, 1.807) is 0 Å². The van der Waals surface area contributed by atoms with Gasteiger partial charge in [0.05, 0.1) is 16.9 Å². The number of carboxylic acids is 1. The second-order valence-corrected chi connectivity index (χ2v) is 5.31. The fraction of sp³-hybridized carbons (Fsp3) is 0.500. The Morgan fingerprint density at radius 2 is 1.90 bits per heavy atom. The molecule has 0 atom stereocenters. The number of carbonyl (C=O) groups is 1. The zero-order valence-electron chi connectivity index (χ0n) is 11.8. The van der Waals surface area contributed by atoms with Crippen molar-refractivity contribution in [2.75, 3.05) is 36.8 Å². The van der Waals surface area contributed by atoms with Crippen molar-refractivity contribution < 1.29 is 14.3 Å². The van der Waals surface area contributed by atoms with Gasteiger partial charge in [0.15, 0.2) is 0 Å². The van der Waals surface area contributed by atoms with Crippen LogP contribution in [0.5, 0.6) is 0 Å². The first-order chi connectivity index (χ1) is 9.40. The first-order valence-corrected chi connectivity index (χ1v) is 6.71. The van der Waals surface area contributed by atoms with Crippen molar-refractivity contribution in [2.45, 2.75) is 19.9 Å². The third-order valence-corrected chi connectivity index (χ3v) is 3.73. The first kappa shape index (κ1) is 14.6. The average molecular weight is 281 g/mol. The Kier molecular flexibility index (Phi) is 4.13. The summed E-state index contributed by atoms with van der Waals surface area (Å²) in [6.45, 7) is 7.58. The van der Waals surface area contributed by atoms with Crippen LogP contribution in [0.4, 0.5) is 15.8 Å². The van der Waals surface area contributed by atoms with Gasteiger partial charge in [0.25, 0.3) is 0 Å². The summed E-state index contributed by atoms with van der Waals surface area (Å²) in [5.74, 6) is -2.04. The highest BCUT2D eigenvalue weighted by molar-refractivity contribution is 5.91. The van der Waals surface area contributed by atoms with Crippen LogP contribution >= 0.6 is 0 Å². The Labute approximate surface area is 117 Å².